The molecular formula is C16H16Cl2N2O4. The highest BCUT2D eigenvalue weighted by Gasteiger charge is 2.36. The van der Waals surface area contributed by atoms with Gasteiger partial charge in [-0.15, -0.1) is 0 Å². The van der Waals surface area contributed by atoms with E-state index in [0.717, 1.165) is 5.56 Å². The van der Waals surface area contributed by atoms with Crippen LogP contribution in [-0.4, -0.2) is 29.8 Å². The number of hydrogen-bond acceptors (Lipinski definition) is 4. The summed E-state index contributed by atoms with van der Waals surface area (Å²) in [5.41, 5.74) is 0.510. The Balaban J connectivity index is 1.95. The summed E-state index contributed by atoms with van der Waals surface area (Å²) in [4.78, 5) is 25.1. The van der Waals surface area contributed by atoms with Gasteiger partial charge in [0.2, 0.25) is 0 Å². The van der Waals surface area contributed by atoms with Crippen LogP contribution in [0.15, 0.2) is 33.6 Å². The fourth-order valence-electron chi connectivity index (χ4n) is 3.12. The van der Waals surface area contributed by atoms with Crippen molar-refractivity contribution in [2.24, 2.45) is 0 Å². The number of aromatic amines is 1. The molecule has 1 aromatic carbocycles. The molecule has 24 heavy (non-hydrogen) atoms. The molecule has 6 nitrogen and oxygen atoms in total. The summed E-state index contributed by atoms with van der Waals surface area (Å²) in [5.74, 6) is 0.584. The number of aromatic nitrogens is 1. The van der Waals surface area contributed by atoms with Crippen LogP contribution in [0.2, 0.25) is 10.0 Å². The van der Waals surface area contributed by atoms with E-state index in [2.05, 4.69) is 5.16 Å². The van der Waals surface area contributed by atoms with Crippen molar-refractivity contribution in [2.75, 3.05) is 13.7 Å². The molecule has 1 aliphatic heterocycles. The third-order valence-electron chi connectivity index (χ3n) is 4.28. The summed E-state index contributed by atoms with van der Waals surface area (Å²) in [7, 11) is 1.35. The van der Waals surface area contributed by atoms with E-state index >= 15 is 0 Å². The standard InChI is InChI=1S/C16H16Cl2N2O4/c1-23-16(22)20-5-4-9(14-8-15(21)19-24-14)6-13(20)11-3-2-10(17)7-12(11)18/h2-3,7-9,13H,4-6H2,1H3,(H,19,21)/t9-,13+/m0/s1. The molecule has 2 atom stereocenters. The monoisotopic (exact) mass is 370 g/mol. The van der Waals surface area contributed by atoms with E-state index in [1.165, 1.54) is 13.2 Å². The van der Waals surface area contributed by atoms with Crippen molar-refractivity contribution in [1.29, 1.82) is 0 Å². The van der Waals surface area contributed by atoms with Crippen LogP contribution in [0.1, 0.15) is 36.1 Å². The molecule has 1 aromatic heterocycles. The molecule has 128 valence electrons. The second kappa shape index (κ2) is 6.91. The zero-order chi connectivity index (χ0) is 17.3. The predicted octanol–water partition coefficient (Wildman–Crippen LogP) is 3.96. The lowest BCUT2D eigenvalue weighted by Gasteiger charge is -2.38. The van der Waals surface area contributed by atoms with Gasteiger partial charge in [0.1, 0.15) is 5.76 Å². The molecule has 0 saturated carbocycles. The number of H-pyrrole nitrogens is 1. The number of ether oxygens (including phenoxy) is 1. The molecule has 2 heterocycles. The van der Waals surface area contributed by atoms with Crippen LogP contribution >= 0.6 is 23.2 Å². The van der Waals surface area contributed by atoms with Crippen molar-refractivity contribution >= 4 is 29.3 Å². The van der Waals surface area contributed by atoms with E-state index < -0.39 is 6.09 Å². The maximum Gasteiger partial charge on any atom is 0.409 e. The minimum atomic E-state index is -0.417. The lowest BCUT2D eigenvalue weighted by molar-refractivity contribution is 0.0815. The first kappa shape index (κ1) is 16.9. The summed E-state index contributed by atoms with van der Waals surface area (Å²) >= 11 is 12.3. The summed E-state index contributed by atoms with van der Waals surface area (Å²) in [5, 5.41) is 3.31. The van der Waals surface area contributed by atoms with Gasteiger partial charge < -0.3 is 14.2 Å². The predicted molar refractivity (Wildman–Crippen MR) is 89.6 cm³/mol. The van der Waals surface area contributed by atoms with Gasteiger partial charge in [-0.1, -0.05) is 29.3 Å². The number of piperidine rings is 1. The molecule has 1 saturated heterocycles. The Bertz CT molecular complexity index is 801. The summed E-state index contributed by atoms with van der Waals surface area (Å²) in [6, 6.07) is 6.34. The fraction of sp³-hybridized carbons (Fsp3) is 0.375. The molecule has 1 N–H and O–H groups in total. The third-order valence-corrected chi connectivity index (χ3v) is 4.84. The summed E-state index contributed by atoms with van der Waals surface area (Å²) < 4.78 is 10.1. The molecule has 3 rings (SSSR count). The van der Waals surface area contributed by atoms with Crippen LogP contribution in [0.4, 0.5) is 4.79 Å². The molecule has 1 fully saturated rings. The largest absolute Gasteiger partial charge is 0.453 e. The molecule has 2 aromatic rings. The van der Waals surface area contributed by atoms with E-state index in [1.54, 1.807) is 23.1 Å². The topological polar surface area (TPSA) is 75.5 Å². The molecule has 0 spiro atoms. The minimum absolute atomic E-state index is 0.00148. The Morgan fingerprint density at radius 2 is 2.17 bits per heavy atom. The maximum atomic E-state index is 12.1. The lowest BCUT2D eigenvalue weighted by atomic mass is 9.86. The van der Waals surface area contributed by atoms with Crippen molar-refractivity contribution in [2.45, 2.75) is 24.8 Å². The minimum Gasteiger partial charge on any atom is -0.453 e. The maximum absolute atomic E-state index is 12.1. The molecular weight excluding hydrogens is 355 g/mol. The molecule has 1 amide bonds. The SMILES string of the molecule is COC(=O)N1CC[C@H](c2cc(=O)[nH]o2)C[C@@H]1c1ccc(Cl)cc1Cl. The number of amides is 1. The number of methoxy groups -OCH3 is 1. The Morgan fingerprint density at radius 3 is 2.79 bits per heavy atom. The van der Waals surface area contributed by atoms with Crippen molar-refractivity contribution < 1.29 is 14.1 Å². The van der Waals surface area contributed by atoms with Gasteiger partial charge in [-0.25, -0.2) is 4.79 Å². The molecule has 0 bridgehead atoms. The number of rotatable bonds is 2. The lowest BCUT2D eigenvalue weighted by Crippen LogP contribution is -2.40. The molecule has 0 unspecified atom stereocenters. The van der Waals surface area contributed by atoms with Gasteiger partial charge in [-0.2, -0.15) is 5.16 Å². The number of halogens is 2. The van der Waals surface area contributed by atoms with Crippen LogP contribution in [0, 0.1) is 0 Å². The first-order valence-electron chi connectivity index (χ1n) is 7.47. The van der Waals surface area contributed by atoms with Gasteiger partial charge in [0.25, 0.3) is 5.56 Å². The number of likely N-dealkylation sites (tertiary alicyclic amines) is 1. The van der Waals surface area contributed by atoms with Gasteiger partial charge in [0, 0.05) is 28.6 Å². The summed E-state index contributed by atoms with van der Waals surface area (Å²) in [6.45, 7) is 0.468. The van der Waals surface area contributed by atoms with Crippen molar-refractivity contribution in [3.63, 3.8) is 0 Å². The highest BCUT2D eigenvalue weighted by molar-refractivity contribution is 6.35. The normalized spacial score (nSPS) is 20.9. The average Bonchev–Trinajstić information content (AvgIpc) is 3.00. The fourth-order valence-corrected chi connectivity index (χ4v) is 3.66. The zero-order valence-electron chi connectivity index (χ0n) is 12.9. The second-order valence-corrected chi connectivity index (χ2v) is 6.53. The highest BCUT2D eigenvalue weighted by Crippen LogP contribution is 2.41. The Hall–Kier alpha value is -1.92. The van der Waals surface area contributed by atoms with Crippen LogP contribution in [-0.2, 0) is 4.74 Å². The molecule has 0 aliphatic carbocycles. The number of carbonyl (C=O) groups excluding carboxylic acids is 1. The Labute approximate surface area is 148 Å². The zero-order valence-corrected chi connectivity index (χ0v) is 14.4. The molecule has 0 radical (unpaired) electrons. The van der Waals surface area contributed by atoms with Gasteiger partial charge in [0.15, 0.2) is 0 Å². The van der Waals surface area contributed by atoms with E-state index in [-0.39, 0.29) is 17.5 Å². The van der Waals surface area contributed by atoms with Crippen molar-refractivity contribution in [3.05, 3.63) is 56.0 Å². The number of carbonyl (C=O) groups is 1. The highest BCUT2D eigenvalue weighted by atomic mass is 35.5. The second-order valence-electron chi connectivity index (χ2n) is 5.68. The Kier molecular flexibility index (Phi) is 4.87. The van der Waals surface area contributed by atoms with Gasteiger partial charge in [-0.05, 0) is 30.5 Å². The van der Waals surface area contributed by atoms with Crippen LogP contribution < -0.4 is 5.56 Å². The van der Waals surface area contributed by atoms with Crippen molar-refractivity contribution in [3.8, 4) is 0 Å². The van der Waals surface area contributed by atoms with E-state index in [0.29, 0.717) is 35.2 Å². The van der Waals surface area contributed by atoms with Gasteiger partial charge >= 0.3 is 6.09 Å². The smallest absolute Gasteiger partial charge is 0.409 e. The number of nitrogens with one attached hydrogen (secondary N) is 1. The van der Waals surface area contributed by atoms with E-state index in [1.807, 2.05) is 0 Å². The number of benzene rings is 1. The van der Waals surface area contributed by atoms with Gasteiger partial charge in [0.05, 0.1) is 13.2 Å². The quantitative estimate of drug-likeness (QED) is 0.867. The number of hydrogen-bond donors (Lipinski definition) is 1. The van der Waals surface area contributed by atoms with E-state index in [4.69, 9.17) is 32.5 Å². The van der Waals surface area contributed by atoms with Crippen LogP contribution in [0.3, 0.4) is 0 Å². The van der Waals surface area contributed by atoms with Crippen LogP contribution in [0.5, 0.6) is 0 Å². The summed E-state index contributed by atoms with van der Waals surface area (Å²) in [6.07, 6.45) is 0.814. The third kappa shape index (κ3) is 3.30. The molecule has 8 heteroatoms. The van der Waals surface area contributed by atoms with Crippen LogP contribution in [0.25, 0.3) is 0 Å². The first-order chi connectivity index (χ1) is 11.5. The van der Waals surface area contributed by atoms with Crippen molar-refractivity contribution in [1.82, 2.24) is 10.1 Å². The van der Waals surface area contributed by atoms with E-state index in [9.17, 15) is 9.59 Å². The number of nitrogens with zero attached hydrogens (tertiary/aromatic N) is 1. The average molecular weight is 371 g/mol. The molecule has 1 aliphatic rings. The van der Waals surface area contributed by atoms with Gasteiger partial charge in [-0.3, -0.25) is 4.79 Å². The Morgan fingerprint density at radius 1 is 1.38 bits per heavy atom. The first-order valence-corrected chi connectivity index (χ1v) is 8.23.